The molecule has 1 aliphatic carbocycles. The summed E-state index contributed by atoms with van der Waals surface area (Å²) in [5.74, 6) is 6.63. The second-order valence-electron chi connectivity index (χ2n) is 9.26. The summed E-state index contributed by atoms with van der Waals surface area (Å²) in [4.78, 5) is 15.6. The predicted octanol–water partition coefficient (Wildman–Crippen LogP) is 4.48. The van der Waals surface area contributed by atoms with Crippen molar-refractivity contribution in [3.8, 4) is 11.8 Å². The summed E-state index contributed by atoms with van der Waals surface area (Å²) in [5, 5.41) is 13.5. The average Bonchev–Trinajstić information content (AvgIpc) is 3.29. The minimum atomic E-state index is -0.274. The van der Waals surface area contributed by atoms with Gasteiger partial charge in [-0.3, -0.25) is 4.79 Å². The van der Waals surface area contributed by atoms with Crippen LogP contribution in [0.2, 0.25) is 0 Å². The highest BCUT2D eigenvalue weighted by Gasteiger charge is 2.46. The van der Waals surface area contributed by atoms with Gasteiger partial charge in [-0.1, -0.05) is 31.1 Å². The molecule has 32 heavy (non-hydrogen) atoms. The van der Waals surface area contributed by atoms with E-state index in [0.717, 1.165) is 61.0 Å². The molecule has 5 heteroatoms. The molecule has 0 bridgehead atoms. The molecule has 1 saturated heterocycles. The van der Waals surface area contributed by atoms with Crippen molar-refractivity contribution in [2.75, 3.05) is 18.5 Å². The number of rotatable bonds is 2. The van der Waals surface area contributed by atoms with Gasteiger partial charge in [-0.25, -0.2) is 4.39 Å². The number of halogens is 1. The molecule has 2 N–H and O–H groups in total. The third kappa shape index (κ3) is 4.00. The molecule has 0 unspecified atom stereocenters. The molecule has 1 saturated carbocycles. The summed E-state index contributed by atoms with van der Waals surface area (Å²) in [6.45, 7) is 0.798. The Hall–Kier alpha value is -2.84. The van der Waals surface area contributed by atoms with Crippen LogP contribution in [-0.4, -0.2) is 35.1 Å². The first kappa shape index (κ1) is 21.0. The zero-order valence-electron chi connectivity index (χ0n) is 18.2. The first-order valence-electron chi connectivity index (χ1n) is 11.7. The van der Waals surface area contributed by atoms with E-state index in [-0.39, 0.29) is 42.3 Å². The number of benzene rings is 2. The van der Waals surface area contributed by atoms with E-state index in [1.54, 1.807) is 12.1 Å². The molecule has 0 radical (unpaired) electrons. The minimum absolute atomic E-state index is 0.0228. The number of hydrogen-bond acceptors (Lipinski definition) is 3. The molecule has 0 spiro atoms. The molecule has 2 aliphatic heterocycles. The maximum absolute atomic E-state index is 13.5. The van der Waals surface area contributed by atoms with Crippen LogP contribution in [0.3, 0.4) is 0 Å². The van der Waals surface area contributed by atoms with Gasteiger partial charge >= 0.3 is 0 Å². The van der Waals surface area contributed by atoms with Gasteiger partial charge in [0.2, 0.25) is 5.91 Å². The molecule has 3 atom stereocenters. The fourth-order valence-electron chi connectivity index (χ4n) is 5.65. The van der Waals surface area contributed by atoms with Crippen LogP contribution in [0, 0.1) is 29.5 Å². The van der Waals surface area contributed by atoms with E-state index in [9.17, 15) is 14.3 Å². The third-order valence-electron chi connectivity index (χ3n) is 7.30. The zero-order valence-corrected chi connectivity index (χ0v) is 18.2. The molecule has 2 aromatic carbocycles. The quantitative estimate of drug-likeness (QED) is 0.688. The van der Waals surface area contributed by atoms with Crippen molar-refractivity contribution in [3.63, 3.8) is 0 Å². The summed E-state index contributed by atoms with van der Waals surface area (Å²) in [6, 6.07) is 12.1. The Kier molecular flexibility index (Phi) is 5.89. The fourth-order valence-corrected chi connectivity index (χ4v) is 5.65. The number of carbonyl (C=O) groups excluding carboxylic acids is 1. The van der Waals surface area contributed by atoms with Crippen LogP contribution in [0.15, 0.2) is 42.5 Å². The Labute approximate surface area is 188 Å². The van der Waals surface area contributed by atoms with Crippen LogP contribution in [-0.2, 0) is 4.79 Å². The van der Waals surface area contributed by atoms with E-state index in [2.05, 4.69) is 28.1 Å². The van der Waals surface area contributed by atoms with Gasteiger partial charge in [-0.05, 0) is 67.3 Å². The van der Waals surface area contributed by atoms with Crippen molar-refractivity contribution in [1.82, 2.24) is 4.90 Å². The number of anilines is 1. The normalized spacial score (nSPS) is 24.7. The molecule has 2 fully saturated rings. The van der Waals surface area contributed by atoms with Gasteiger partial charge in [0.1, 0.15) is 5.82 Å². The molecule has 0 aromatic heterocycles. The molecule has 5 rings (SSSR count). The number of fused-ring (bicyclic) bond motifs is 3. The third-order valence-corrected chi connectivity index (χ3v) is 7.30. The van der Waals surface area contributed by atoms with Crippen molar-refractivity contribution in [3.05, 3.63) is 65.0 Å². The number of nitrogens with one attached hydrogen (secondary N) is 1. The minimum Gasteiger partial charge on any atom is -0.394 e. The Bertz CT molecular complexity index is 1050. The lowest BCUT2D eigenvalue weighted by Crippen LogP contribution is -2.44. The Morgan fingerprint density at radius 2 is 1.75 bits per heavy atom. The molecule has 2 aromatic rings. The zero-order chi connectivity index (χ0) is 22.1. The second kappa shape index (κ2) is 8.96. The van der Waals surface area contributed by atoms with Crippen molar-refractivity contribution >= 4 is 11.6 Å². The highest BCUT2D eigenvalue weighted by molar-refractivity contribution is 5.80. The molecule has 3 aliphatic rings. The van der Waals surface area contributed by atoms with E-state index < -0.39 is 0 Å². The monoisotopic (exact) mass is 432 g/mol. The summed E-state index contributed by atoms with van der Waals surface area (Å²) < 4.78 is 13.2. The van der Waals surface area contributed by atoms with E-state index in [1.165, 1.54) is 18.6 Å². The van der Waals surface area contributed by atoms with E-state index in [1.807, 2.05) is 12.1 Å². The standard InChI is InChI=1S/C27H29FN2O2/c28-21-11-8-18(9-12-21)6-7-19-10-13-24-23(16-19)26-22(25(17-31)29-24)14-15-30(26)27(32)20-4-2-1-3-5-20/h8-13,16,20,22,25-26,29,31H,1-5,14-15,17H2/t22-,25+,26-/m0/s1. The van der Waals surface area contributed by atoms with Crippen molar-refractivity contribution in [2.24, 2.45) is 11.8 Å². The van der Waals surface area contributed by atoms with Crippen LogP contribution in [0.5, 0.6) is 0 Å². The Balaban J connectivity index is 1.47. The highest BCUT2D eigenvalue weighted by atomic mass is 19.1. The number of amides is 1. The van der Waals surface area contributed by atoms with Crippen molar-refractivity contribution < 1.29 is 14.3 Å². The number of carbonyl (C=O) groups is 1. The lowest BCUT2D eigenvalue weighted by Gasteiger charge is -2.40. The van der Waals surface area contributed by atoms with Crippen LogP contribution in [0.25, 0.3) is 0 Å². The van der Waals surface area contributed by atoms with Gasteiger partial charge in [0, 0.05) is 35.2 Å². The number of aliphatic hydroxyl groups excluding tert-OH is 1. The molecule has 166 valence electrons. The lowest BCUT2D eigenvalue weighted by molar-refractivity contribution is -0.138. The van der Waals surface area contributed by atoms with Gasteiger partial charge < -0.3 is 15.3 Å². The van der Waals surface area contributed by atoms with Crippen LogP contribution < -0.4 is 5.32 Å². The second-order valence-corrected chi connectivity index (χ2v) is 9.26. The molecule has 4 nitrogen and oxygen atoms in total. The van der Waals surface area contributed by atoms with Crippen LogP contribution >= 0.6 is 0 Å². The van der Waals surface area contributed by atoms with Gasteiger partial charge in [-0.15, -0.1) is 0 Å². The first-order valence-corrected chi connectivity index (χ1v) is 11.7. The smallest absolute Gasteiger partial charge is 0.226 e. The van der Waals surface area contributed by atoms with Crippen LogP contribution in [0.1, 0.15) is 61.3 Å². The number of nitrogens with zero attached hydrogens (tertiary/aromatic N) is 1. The van der Waals surface area contributed by atoms with Gasteiger partial charge in [-0.2, -0.15) is 0 Å². The molecular formula is C27H29FN2O2. The summed E-state index contributed by atoms with van der Waals surface area (Å²) >= 11 is 0. The largest absolute Gasteiger partial charge is 0.394 e. The van der Waals surface area contributed by atoms with Crippen molar-refractivity contribution in [1.29, 1.82) is 0 Å². The van der Waals surface area contributed by atoms with E-state index >= 15 is 0 Å². The van der Waals surface area contributed by atoms with E-state index in [0.29, 0.717) is 0 Å². The Morgan fingerprint density at radius 3 is 2.50 bits per heavy atom. The first-order chi connectivity index (χ1) is 15.6. The lowest BCUT2D eigenvalue weighted by atomic mass is 9.82. The SMILES string of the molecule is O=C(C1CCCCC1)N1CC[C@@H]2[C@H]1c1cc(C#Cc3ccc(F)cc3)ccc1N[C@@H]2CO. The topological polar surface area (TPSA) is 52.6 Å². The number of aliphatic hydroxyl groups is 1. The summed E-state index contributed by atoms with van der Waals surface area (Å²) in [7, 11) is 0. The molecular weight excluding hydrogens is 403 g/mol. The highest BCUT2D eigenvalue weighted by Crippen LogP contribution is 2.47. The predicted molar refractivity (Wildman–Crippen MR) is 122 cm³/mol. The van der Waals surface area contributed by atoms with Crippen molar-refractivity contribution in [2.45, 2.75) is 50.6 Å². The average molecular weight is 433 g/mol. The number of hydrogen-bond donors (Lipinski definition) is 2. The van der Waals surface area contributed by atoms with E-state index in [4.69, 9.17) is 0 Å². The molecule has 1 amide bonds. The summed E-state index contributed by atoms with van der Waals surface area (Å²) in [5.41, 5.74) is 3.69. The number of likely N-dealkylation sites (tertiary alicyclic amines) is 1. The van der Waals surface area contributed by atoms with Gasteiger partial charge in [0.05, 0.1) is 18.7 Å². The maximum Gasteiger partial charge on any atom is 0.226 e. The van der Waals surface area contributed by atoms with Gasteiger partial charge in [0.15, 0.2) is 0 Å². The Morgan fingerprint density at radius 1 is 1.03 bits per heavy atom. The summed E-state index contributed by atoms with van der Waals surface area (Å²) in [6.07, 6.45) is 6.38. The fraction of sp³-hybridized carbons (Fsp3) is 0.444. The van der Waals surface area contributed by atoms with Crippen LogP contribution in [0.4, 0.5) is 10.1 Å². The molecule has 2 heterocycles. The van der Waals surface area contributed by atoms with Gasteiger partial charge in [0.25, 0.3) is 0 Å². The maximum atomic E-state index is 13.5.